The van der Waals surface area contributed by atoms with Crippen LogP contribution in [-0.2, 0) is 4.79 Å². The van der Waals surface area contributed by atoms with E-state index in [9.17, 15) is 13.6 Å². The molecule has 1 atom stereocenters. The number of hydrogen-bond donors (Lipinski definition) is 1. The first-order chi connectivity index (χ1) is 18.7. The molecule has 0 unspecified atom stereocenters. The number of hydrogen-bond acceptors (Lipinski definition) is 6. The van der Waals surface area contributed by atoms with Crippen molar-refractivity contribution in [2.75, 3.05) is 25.5 Å². The van der Waals surface area contributed by atoms with Gasteiger partial charge < -0.3 is 15.0 Å². The van der Waals surface area contributed by atoms with Crippen molar-refractivity contribution >= 4 is 28.8 Å². The molecule has 2 aliphatic heterocycles. The second-order valence-electron chi connectivity index (χ2n) is 11.4. The van der Waals surface area contributed by atoms with Crippen LogP contribution in [0.15, 0.2) is 35.5 Å². The minimum Gasteiger partial charge on any atom is -0.479 e. The van der Waals surface area contributed by atoms with E-state index >= 15 is 0 Å². The average molecular weight is 537 g/mol. The molecule has 10 heteroatoms. The normalized spacial score (nSPS) is 24.2. The summed E-state index contributed by atoms with van der Waals surface area (Å²) in [6, 6.07) is 8.11. The van der Waals surface area contributed by atoms with Gasteiger partial charge in [0.25, 0.3) is 0 Å². The molecule has 3 aromatic rings. The fourth-order valence-corrected chi connectivity index (χ4v) is 6.27. The van der Waals surface area contributed by atoms with Gasteiger partial charge in [-0.3, -0.25) is 9.79 Å². The molecule has 2 fully saturated rings. The van der Waals surface area contributed by atoms with Gasteiger partial charge in [-0.1, -0.05) is 13.0 Å². The van der Waals surface area contributed by atoms with Crippen LogP contribution in [-0.4, -0.2) is 63.8 Å². The van der Waals surface area contributed by atoms with Gasteiger partial charge in [0.1, 0.15) is 5.52 Å². The molecule has 6 rings (SSSR count). The number of fused-ring (bicyclic) bond motifs is 2. The van der Waals surface area contributed by atoms with E-state index in [2.05, 4.69) is 26.5 Å². The van der Waals surface area contributed by atoms with E-state index in [1.165, 1.54) is 0 Å². The number of amides is 1. The molecule has 4 heterocycles. The molecule has 1 saturated carbocycles. The Bertz CT molecular complexity index is 1440. The smallest absolute Gasteiger partial charge is 0.244 e. The fourth-order valence-electron chi connectivity index (χ4n) is 6.27. The van der Waals surface area contributed by atoms with Crippen LogP contribution in [0.2, 0.25) is 0 Å². The van der Waals surface area contributed by atoms with Crippen LogP contribution < -0.4 is 10.1 Å². The van der Waals surface area contributed by atoms with Crippen molar-refractivity contribution in [1.82, 2.24) is 19.5 Å². The Labute approximate surface area is 226 Å². The number of nitrogens with zero attached hydrogens (tertiary/aromatic N) is 5. The highest BCUT2D eigenvalue weighted by Crippen LogP contribution is 2.45. The Kier molecular flexibility index (Phi) is 6.51. The maximum Gasteiger partial charge on any atom is 0.244 e. The lowest BCUT2D eigenvalue weighted by molar-refractivity contribution is -0.150. The van der Waals surface area contributed by atoms with Gasteiger partial charge in [0, 0.05) is 43.0 Å². The number of anilines is 1. The zero-order valence-electron chi connectivity index (χ0n) is 22.6. The largest absolute Gasteiger partial charge is 0.479 e. The molecule has 1 N–H and O–H groups in total. The molecule has 3 aliphatic rings. The van der Waals surface area contributed by atoms with Gasteiger partial charge in [-0.25, -0.2) is 13.3 Å². The van der Waals surface area contributed by atoms with Crippen LogP contribution in [0.5, 0.6) is 5.88 Å². The number of nitrogens with one attached hydrogen (secondary N) is 1. The molecule has 0 bridgehead atoms. The van der Waals surface area contributed by atoms with Gasteiger partial charge in [0.05, 0.1) is 18.2 Å². The minimum atomic E-state index is -2.31. The molecule has 0 radical (unpaired) electrons. The summed E-state index contributed by atoms with van der Waals surface area (Å²) < 4.78 is 33.4. The van der Waals surface area contributed by atoms with Crippen molar-refractivity contribution in [3.05, 3.63) is 36.0 Å². The molecule has 39 heavy (non-hydrogen) atoms. The fraction of sp³-hybridized carbons (Fsp3) is 0.517. The number of carbonyl (C=O) groups excluding carboxylic acids is 1. The Balaban J connectivity index is 1.25. The van der Waals surface area contributed by atoms with Crippen LogP contribution in [0.25, 0.3) is 16.6 Å². The molecule has 0 spiro atoms. The summed E-state index contributed by atoms with van der Waals surface area (Å²) in [4.78, 5) is 24.0. The third-order valence-electron chi connectivity index (χ3n) is 8.42. The first-order valence-corrected chi connectivity index (χ1v) is 13.7. The van der Waals surface area contributed by atoms with Gasteiger partial charge in [0.15, 0.2) is 0 Å². The Hall–Kier alpha value is -3.56. The van der Waals surface area contributed by atoms with Crippen LogP contribution >= 0.6 is 0 Å². The standard InChI is InChI=1S/C29H34F2N6O2/c1-17-13-18(6-8-24(30)31)22-14-19(5-7-23(22)32-17)21-9-12-37-25(21)26(39-3)34-28(35-37)33-20-15-29(2,16-20)27(38)36-10-4-11-36/h5,7,9,12,14,18,20,24H,4,6,8,10-11,13,15-16H2,1-3H3,(H,33,35)/t18-,20?,29?/m1/s1. The topological polar surface area (TPSA) is 84.1 Å². The van der Waals surface area contributed by atoms with E-state index in [1.54, 1.807) is 11.6 Å². The third-order valence-corrected chi connectivity index (χ3v) is 8.42. The number of ether oxygens (including phenoxy) is 1. The summed E-state index contributed by atoms with van der Waals surface area (Å²) in [5.74, 6) is 1.15. The average Bonchev–Trinajstić information content (AvgIpc) is 3.28. The third kappa shape index (κ3) is 4.74. The highest BCUT2D eigenvalue weighted by Gasteiger charge is 2.49. The number of benzene rings is 1. The predicted molar refractivity (Wildman–Crippen MR) is 146 cm³/mol. The van der Waals surface area contributed by atoms with Crippen molar-refractivity contribution < 1.29 is 18.3 Å². The number of alkyl halides is 2. The van der Waals surface area contributed by atoms with E-state index in [-0.39, 0.29) is 29.7 Å². The maximum atomic E-state index is 13.0. The number of methoxy groups -OCH3 is 1. The maximum absolute atomic E-state index is 13.0. The molecule has 1 amide bonds. The van der Waals surface area contributed by atoms with E-state index in [0.717, 1.165) is 66.0 Å². The predicted octanol–water partition coefficient (Wildman–Crippen LogP) is 5.84. The van der Waals surface area contributed by atoms with Gasteiger partial charge in [-0.15, -0.1) is 5.10 Å². The van der Waals surface area contributed by atoms with Crippen molar-refractivity contribution in [2.45, 2.75) is 70.8 Å². The Morgan fingerprint density at radius 3 is 2.74 bits per heavy atom. The second kappa shape index (κ2) is 9.88. The Morgan fingerprint density at radius 2 is 2.05 bits per heavy atom. The summed E-state index contributed by atoms with van der Waals surface area (Å²) in [6.45, 7) is 5.73. The van der Waals surface area contributed by atoms with Crippen molar-refractivity contribution in [3.8, 4) is 17.0 Å². The number of halogens is 2. The molecule has 206 valence electrons. The monoisotopic (exact) mass is 536 g/mol. The lowest BCUT2D eigenvalue weighted by atomic mass is 9.65. The number of likely N-dealkylation sites (tertiary alicyclic amines) is 1. The van der Waals surface area contributed by atoms with Gasteiger partial charge in [-0.2, -0.15) is 4.98 Å². The van der Waals surface area contributed by atoms with Gasteiger partial charge in [-0.05, 0) is 74.3 Å². The summed E-state index contributed by atoms with van der Waals surface area (Å²) in [6.07, 6.45) is 3.11. The van der Waals surface area contributed by atoms with Gasteiger partial charge >= 0.3 is 0 Å². The first-order valence-electron chi connectivity index (χ1n) is 13.7. The second-order valence-corrected chi connectivity index (χ2v) is 11.4. The molecule has 1 aromatic carbocycles. The van der Waals surface area contributed by atoms with E-state index in [1.807, 2.05) is 43.1 Å². The SMILES string of the molecule is COc1nc(NC2CC(C)(C(=O)N3CCC3)C2)nn2ccc(-c3ccc4c(c3)[C@H](CCC(F)F)CC(C)=N4)c12. The van der Waals surface area contributed by atoms with Crippen molar-refractivity contribution in [3.63, 3.8) is 0 Å². The number of carbonyl (C=O) groups is 1. The quantitative estimate of drug-likeness (QED) is 0.391. The van der Waals surface area contributed by atoms with E-state index < -0.39 is 6.43 Å². The molecular formula is C29H34F2N6O2. The first kappa shape index (κ1) is 25.7. The van der Waals surface area contributed by atoms with Gasteiger partial charge in [0.2, 0.25) is 24.2 Å². The van der Waals surface area contributed by atoms with Crippen molar-refractivity contribution in [1.29, 1.82) is 0 Å². The number of aliphatic imine (C=N–C) groups is 1. The Morgan fingerprint density at radius 1 is 1.26 bits per heavy atom. The zero-order chi connectivity index (χ0) is 27.3. The molecule has 1 aliphatic carbocycles. The summed E-state index contributed by atoms with van der Waals surface area (Å²) >= 11 is 0. The number of rotatable bonds is 8. The summed E-state index contributed by atoms with van der Waals surface area (Å²) in [5, 5.41) is 8.07. The number of aromatic nitrogens is 3. The molecule has 1 saturated heterocycles. The van der Waals surface area contributed by atoms with Crippen LogP contribution in [0.3, 0.4) is 0 Å². The summed E-state index contributed by atoms with van der Waals surface area (Å²) in [7, 11) is 1.58. The van der Waals surface area contributed by atoms with E-state index in [4.69, 9.17) is 4.74 Å². The highest BCUT2D eigenvalue weighted by molar-refractivity contribution is 5.90. The highest BCUT2D eigenvalue weighted by atomic mass is 19.3. The minimum absolute atomic E-state index is 0.00964. The zero-order valence-corrected chi connectivity index (χ0v) is 22.6. The molecule has 2 aromatic heterocycles. The van der Waals surface area contributed by atoms with Crippen LogP contribution in [0.4, 0.5) is 20.4 Å². The van der Waals surface area contributed by atoms with Crippen molar-refractivity contribution in [2.24, 2.45) is 10.4 Å². The van der Waals surface area contributed by atoms with Crippen LogP contribution in [0, 0.1) is 5.41 Å². The van der Waals surface area contributed by atoms with Crippen LogP contribution in [0.1, 0.15) is 63.9 Å². The summed E-state index contributed by atoms with van der Waals surface area (Å²) in [5.41, 5.74) is 5.06. The van der Waals surface area contributed by atoms with E-state index in [0.29, 0.717) is 24.7 Å². The lowest BCUT2D eigenvalue weighted by Crippen LogP contribution is -2.56. The molecular weight excluding hydrogens is 502 g/mol. The molecule has 8 nitrogen and oxygen atoms in total. The lowest BCUT2D eigenvalue weighted by Gasteiger charge is -2.48.